The Hall–Kier alpha value is -2.34. The molecule has 28 heavy (non-hydrogen) atoms. The summed E-state index contributed by atoms with van der Waals surface area (Å²) >= 11 is 0. The van der Waals surface area contributed by atoms with E-state index >= 15 is 0 Å². The van der Waals surface area contributed by atoms with Crippen molar-refractivity contribution in [3.63, 3.8) is 0 Å². The van der Waals surface area contributed by atoms with Gasteiger partial charge in [0.2, 0.25) is 0 Å². The van der Waals surface area contributed by atoms with E-state index in [4.69, 9.17) is 4.52 Å². The monoisotopic (exact) mass is 385 g/mol. The van der Waals surface area contributed by atoms with Crippen molar-refractivity contribution in [2.45, 2.75) is 52.6 Å². The maximum atomic E-state index is 5.45. The van der Waals surface area contributed by atoms with Crippen LogP contribution in [-0.2, 0) is 25.8 Å². The van der Waals surface area contributed by atoms with Crippen LogP contribution in [-0.4, -0.2) is 43.7 Å². The van der Waals surface area contributed by atoms with Crippen molar-refractivity contribution in [3.8, 4) is 0 Å². The third-order valence-electron chi connectivity index (χ3n) is 5.12. The molecule has 0 aliphatic heterocycles. The Morgan fingerprint density at radius 3 is 2.32 bits per heavy atom. The molecule has 1 unspecified atom stereocenters. The maximum Gasteiger partial charge on any atom is 0.191 e. The van der Waals surface area contributed by atoms with Gasteiger partial charge in [-0.1, -0.05) is 50.2 Å². The molecule has 6 nitrogen and oxygen atoms in total. The molecule has 0 fully saturated rings. The standard InChI is InChI=1S/C22H35N5O/c1-7-16-10-12-17(13-11-16)20(27(5)6)15-25-22(23-4)24-14-18-19(8-2)26-28-21(18)9-3/h10-13,20H,7-9,14-15H2,1-6H3,(H2,23,24,25). The molecule has 2 rings (SSSR count). The topological polar surface area (TPSA) is 65.7 Å². The van der Waals surface area contributed by atoms with Gasteiger partial charge in [0.15, 0.2) is 5.96 Å². The number of rotatable bonds is 9. The first-order valence-corrected chi connectivity index (χ1v) is 10.2. The molecule has 0 bridgehead atoms. The molecule has 6 heteroatoms. The number of hydrogen-bond donors (Lipinski definition) is 2. The predicted octanol–water partition coefficient (Wildman–Crippen LogP) is 3.33. The lowest BCUT2D eigenvalue weighted by Crippen LogP contribution is -2.41. The van der Waals surface area contributed by atoms with Crippen LogP contribution in [0.1, 0.15) is 55.0 Å². The molecule has 154 valence electrons. The van der Waals surface area contributed by atoms with Crippen molar-refractivity contribution < 1.29 is 4.52 Å². The van der Waals surface area contributed by atoms with Crippen LogP contribution in [0.3, 0.4) is 0 Å². The minimum absolute atomic E-state index is 0.262. The van der Waals surface area contributed by atoms with Crippen LogP contribution in [0.4, 0.5) is 0 Å². The third-order valence-corrected chi connectivity index (χ3v) is 5.12. The Morgan fingerprint density at radius 1 is 1.07 bits per heavy atom. The van der Waals surface area contributed by atoms with E-state index < -0.39 is 0 Å². The van der Waals surface area contributed by atoms with Crippen LogP contribution in [0.2, 0.25) is 0 Å². The zero-order valence-electron chi connectivity index (χ0n) is 18.2. The number of benzene rings is 1. The molecule has 0 amide bonds. The van der Waals surface area contributed by atoms with E-state index in [-0.39, 0.29) is 6.04 Å². The molecule has 0 saturated heterocycles. The second kappa shape index (κ2) is 10.9. The van der Waals surface area contributed by atoms with Gasteiger partial charge >= 0.3 is 0 Å². The van der Waals surface area contributed by atoms with Crippen LogP contribution < -0.4 is 10.6 Å². The van der Waals surface area contributed by atoms with Crippen molar-refractivity contribution in [3.05, 3.63) is 52.4 Å². The Balaban J connectivity index is 2.00. The van der Waals surface area contributed by atoms with Gasteiger partial charge in [-0.3, -0.25) is 4.99 Å². The summed E-state index contributed by atoms with van der Waals surface area (Å²) in [6.45, 7) is 7.79. The molecule has 1 atom stereocenters. The van der Waals surface area contributed by atoms with Crippen molar-refractivity contribution in [1.29, 1.82) is 0 Å². The highest BCUT2D eigenvalue weighted by atomic mass is 16.5. The zero-order chi connectivity index (χ0) is 20.5. The highest BCUT2D eigenvalue weighted by Gasteiger charge is 2.16. The van der Waals surface area contributed by atoms with Gasteiger partial charge < -0.3 is 20.1 Å². The van der Waals surface area contributed by atoms with Crippen molar-refractivity contribution >= 4 is 5.96 Å². The molecule has 1 aromatic carbocycles. The molecular formula is C22H35N5O. The second-order valence-electron chi connectivity index (χ2n) is 7.12. The average molecular weight is 386 g/mol. The molecule has 2 N–H and O–H groups in total. The molecule has 0 spiro atoms. The molecule has 0 aliphatic rings. The summed E-state index contributed by atoms with van der Waals surface area (Å²) in [7, 11) is 6.01. The third kappa shape index (κ3) is 5.58. The van der Waals surface area contributed by atoms with Crippen LogP contribution in [0.15, 0.2) is 33.8 Å². The van der Waals surface area contributed by atoms with E-state index in [1.54, 1.807) is 7.05 Å². The highest BCUT2D eigenvalue weighted by Crippen LogP contribution is 2.18. The zero-order valence-corrected chi connectivity index (χ0v) is 18.2. The van der Waals surface area contributed by atoms with Crippen molar-refractivity contribution in [1.82, 2.24) is 20.7 Å². The minimum Gasteiger partial charge on any atom is -0.361 e. The van der Waals surface area contributed by atoms with E-state index in [0.717, 1.165) is 48.8 Å². The average Bonchev–Trinajstić information content (AvgIpc) is 3.12. The van der Waals surface area contributed by atoms with Gasteiger partial charge in [-0.15, -0.1) is 0 Å². The number of guanidine groups is 1. The summed E-state index contributed by atoms with van der Waals surface area (Å²) in [5.74, 6) is 1.73. The number of aromatic nitrogens is 1. The number of nitrogens with one attached hydrogen (secondary N) is 2. The molecule has 0 aliphatic carbocycles. The van der Waals surface area contributed by atoms with E-state index in [1.807, 2.05) is 0 Å². The Morgan fingerprint density at radius 2 is 1.79 bits per heavy atom. The summed E-state index contributed by atoms with van der Waals surface area (Å²) in [6, 6.07) is 9.13. The fraction of sp³-hybridized carbons (Fsp3) is 0.545. The summed E-state index contributed by atoms with van der Waals surface area (Å²) in [5.41, 5.74) is 4.82. The van der Waals surface area contributed by atoms with E-state index in [9.17, 15) is 0 Å². The quantitative estimate of drug-likeness (QED) is 0.512. The van der Waals surface area contributed by atoms with Gasteiger partial charge in [0.1, 0.15) is 5.76 Å². The molecule has 0 saturated carbocycles. The van der Waals surface area contributed by atoms with E-state index in [0.29, 0.717) is 6.54 Å². The molecular weight excluding hydrogens is 350 g/mol. The van der Waals surface area contributed by atoms with Gasteiger partial charge in [-0.25, -0.2) is 0 Å². The normalized spacial score (nSPS) is 13.0. The van der Waals surface area contributed by atoms with E-state index in [1.165, 1.54) is 11.1 Å². The highest BCUT2D eigenvalue weighted by molar-refractivity contribution is 5.79. The van der Waals surface area contributed by atoms with E-state index in [2.05, 4.69) is 84.8 Å². The fourth-order valence-corrected chi connectivity index (χ4v) is 3.30. The SMILES string of the molecule is CCc1ccc(C(CNC(=NC)NCc2c(CC)noc2CC)N(C)C)cc1. The van der Waals surface area contributed by atoms with Gasteiger partial charge in [0.25, 0.3) is 0 Å². The first-order valence-electron chi connectivity index (χ1n) is 10.2. The Kier molecular flexibility index (Phi) is 8.51. The number of aryl methyl sites for hydroxylation is 3. The van der Waals surface area contributed by atoms with Crippen molar-refractivity contribution in [2.24, 2.45) is 4.99 Å². The van der Waals surface area contributed by atoms with Crippen LogP contribution in [0.25, 0.3) is 0 Å². The Labute approximate surface area is 169 Å². The lowest BCUT2D eigenvalue weighted by molar-refractivity contribution is 0.298. The molecule has 1 aromatic heterocycles. The Bertz CT molecular complexity index is 727. The summed E-state index contributed by atoms with van der Waals surface area (Å²) in [4.78, 5) is 6.60. The van der Waals surface area contributed by atoms with Crippen molar-refractivity contribution in [2.75, 3.05) is 27.7 Å². The predicted molar refractivity (Wildman–Crippen MR) is 116 cm³/mol. The number of likely N-dealkylation sites (N-methyl/N-ethyl adjacent to an activating group) is 1. The first-order chi connectivity index (χ1) is 13.5. The first kappa shape index (κ1) is 22.0. The minimum atomic E-state index is 0.262. The molecule has 1 heterocycles. The number of nitrogens with zero attached hydrogens (tertiary/aromatic N) is 3. The summed E-state index contributed by atoms with van der Waals surface area (Å²) < 4.78 is 5.45. The lowest BCUT2D eigenvalue weighted by Gasteiger charge is -2.26. The van der Waals surface area contributed by atoms with Gasteiger partial charge in [0, 0.05) is 32.1 Å². The largest absolute Gasteiger partial charge is 0.361 e. The summed E-state index contributed by atoms with van der Waals surface area (Å²) in [5, 5.41) is 11.0. The fourth-order valence-electron chi connectivity index (χ4n) is 3.30. The maximum absolute atomic E-state index is 5.45. The van der Waals surface area contributed by atoms with Crippen LogP contribution in [0.5, 0.6) is 0 Å². The molecule has 2 aromatic rings. The summed E-state index contributed by atoms with van der Waals surface area (Å²) in [6.07, 6.45) is 2.76. The van der Waals surface area contributed by atoms with Crippen LogP contribution in [0, 0.1) is 0 Å². The number of aliphatic imine (C=N–C) groups is 1. The van der Waals surface area contributed by atoms with Gasteiger partial charge in [-0.05, 0) is 38.1 Å². The van der Waals surface area contributed by atoms with Gasteiger partial charge in [-0.2, -0.15) is 0 Å². The second-order valence-corrected chi connectivity index (χ2v) is 7.12. The smallest absolute Gasteiger partial charge is 0.191 e. The van der Waals surface area contributed by atoms with Gasteiger partial charge in [0.05, 0.1) is 11.7 Å². The lowest BCUT2D eigenvalue weighted by atomic mass is 10.0. The van der Waals surface area contributed by atoms with Crippen LogP contribution >= 0.6 is 0 Å². The number of hydrogen-bond acceptors (Lipinski definition) is 4. The molecule has 0 radical (unpaired) electrons.